The van der Waals surface area contributed by atoms with Crippen molar-refractivity contribution < 1.29 is 32.3 Å². The van der Waals surface area contributed by atoms with Crippen molar-refractivity contribution in [2.45, 2.75) is 83.6 Å². The number of rotatable bonds is 9. The Bertz CT molecular complexity index is 1530. The number of aryl methyl sites for hydroxylation is 2. The predicted octanol–water partition coefficient (Wildman–Crippen LogP) is 5.02. The highest BCUT2D eigenvalue weighted by atomic mass is 32.2. The molecule has 0 unspecified atom stereocenters. The van der Waals surface area contributed by atoms with Gasteiger partial charge in [0.15, 0.2) is 10.7 Å². The van der Waals surface area contributed by atoms with Gasteiger partial charge in [0.05, 0.1) is 30.4 Å². The fourth-order valence-electron chi connectivity index (χ4n) is 5.78. The van der Waals surface area contributed by atoms with Crippen LogP contribution in [0.25, 0.3) is 0 Å². The maximum Gasteiger partial charge on any atom is 0.267 e. The van der Waals surface area contributed by atoms with E-state index < -0.39 is 16.1 Å². The number of aromatic nitrogens is 1. The number of anilines is 1. The van der Waals surface area contributed by atoms with Crippen molar-refractivity contribution in [2.24, 2.45) is 5.92 Å². The quantitative estimate of drug-likeness (QED) is 0.326. The largest absolute Gasteiger partial charge is 0.490 e. The third kappa shape index (κ3) is 9.09. The number of aliphatic hydroxyl groups is 1. The van der Waals surface area contributed by atoms with Crippen LogP contribution in [0, 0.1) is 19.8 Å². The number of benzene rings is 2. The molecule has 0 saturated carbocycles. The number of ether oxygens (including phenoxy) is 2. The van der Waals surface area contributed by atoms with Crippen LogP contribution in [0.5, 0.6) is 5.75 Å². The topological polar surface area (TPSA) is 134 Å². The molecule has 0 radical (unpaired) electrons. The van der Waals surface area contributed by atoms with E-state index in [2.05, 4.69) is 40.9 Å². The summed E-state index contributed by atoms with van der Waals surface area (Å²) in [7, 11) is -1.99. The summed E-state index contributed by atoms with van der Waals surface area (Å²) in [6.07, 6.45) is 2.13. The molecule has 4 rings (SSSR count). The van der Waals surface area contributed by atoms with E-state index in [1.54, 1.807) is 30.9 Å². The number of fused-ring (bicyclic) bond motifs is 1. The van der Waals surface area contributed by atoms with Crippen LogP contribution in [0.1, 0.15) is 67.4 Å². The van der Waals surface area contributed by atoms with Crippen LogP contribution >= 0.6 is 0 Å². The third-order valence-corrected chi connectivity index (χ3v) is 9.95. The van der Waals surface area contributed by atoms with Gasteiger partial charge in [-0.15, -0.1) is 0 Å². The fraction of sp³-hybridized carbons (Fsp3) is 0.529. The first-order valence-corrected chi connectivity index (χ1v) is 17.4. The van der Waals surface area contributed by atoms with Gasteiger partial charge in [0.25, 0.3) is 15.9 Å². The Morgan fingerprint density at radius 1 is 1.13 bits per heavy atom. The Hall–Kier alpha value is -3.45. The molecule has 4 atom stereocenters. The van der Waals surface area contributed by atoms with Crippen LogP contribution in [-0.4, -0.2) is 86.0 Å². The number of hydrogen-bond acceptors (Lipinski definition) is 9. The van der Waals surface area contributed by atoms with Gasteiger partial charge >= 0.3 is 0 Å². The second kappa shape index (κ2) is 15.9. The molecule has 2 heterocycles. The Labute approximate surface area is 272 Å². The molecule has 252 valence electrons. The zero-order chi connectivity index (χ0) is 33.4. The molecular formula is C34H48N4O7S. The standard InChI is InChI=1S/C34H48N4O7S/c1-23-19-38(24(2)22-39)34(40)30-18-29(36-46(41,42)33-26(4)35-45-27(33)5)15-16-31(30)44-25(3)12-10-11-17-43-32(23)21-37(6)20-28-13-8-7-9-14-28/h7-9,13-16,18,23-25,32,36,39H,10-12,17,19-22H2,1-6H3/t23-,24-,25+,32+/m1/s1. The lowest BCUT2D eigenvalue weighted by Gasteiger charge is -2.36. The fourth-order valence-corrected chi connectivity index (χ4v) is 7.16. The third-order valence-electron chi connectivity index (χ3n) is 8.33. The average Bonchev–Trinajstić information content (AvgIpc) is 3.37. The minimum absolute atomic E-state index is 0.0450. The highest BCUT2D eigenvalue weighted by Gasteiger charge is 2.31. The number of carbonyl (C=O) groups excluding carboxylic acids is 1. The number of amides is 1. The number of aliphatic hydroxyl groups excluding tert-OH is 1. The lowest BCUT2D eigenvalue weighted by molar-refractivity contribution is -0.0177. The summed E-state index contributed by atoms with van der Waals surface area (Å²) in [6, 6.07) is 14.4. The molecule has 11 nitrogen and oxygen atoms in total. The first kappa shape index (κ1) is 35.4. The van der Waals surface area contributed by atoms with Crippen molar-refractivity contribution in [1.82, 2.24) is 15.0 Å². The minimum Gasteiger partial charge on any atom is -0.490 e. The van der Waals surface area contributed by atoms with E-state index in [1.807, 2.05) is 25.1 Å². The zero-order valence-corrected chi connectivity index (χ0v) is 28.5. The summed E-state index contributed by atoms with van der Waals surface area (Å²) in [5, 5.41) is 14.0. The SMILES string of the molecule is Cc1noc(C)c1S(=O)(=O)Nc1ccc2c(c1)C(=O)N([C@H](C)CO)C[C@@H](C)[C@H](CN(C)Cc1ccccc1)OCCCC[C@H](C)O2. The summed E-state index contributed by atoms with van der Waals surface area (Å²) in [5.41, 5.74) is 1.84. The number of sulfonamides is 1. The molecule has 1 aliphatic heterocycles. The molecule has 2 N–H and O–H groups in total. The molecule has 0 aliphatic carbocycles. The molecule has 0 saturated heterocycles. The van der Waals surface area contributed by atoms with Gasteiger partial charge in [-0.3, -0.25) is 14.4 Å². The van der Waals surface area contributed by atoms with E-state index in [-0.39, 0.29) is 58.2 Å². The van der Waals surface area contributed by atoms with Crippen LogP contribution < -0.4 is 9.46 Å². The lowest BCUT2D eigenvalue weighted by Crippen LogP contribution is -2.47. The average molecular weight is 657 g/mol. The predicted molar refractivity (Wildman–Crippen MR) is 176 cm³/mol. The Kier molecular flexibility index (Phi) is 12.2. The summed E-state index contributed by atoms with van der Waals surface area (Å²) in [4.78, 5) is 18.2. The maximum absolute atomic E-state index is 14.4. The molecule has 2 aromatic carbocycles. The van der Waals surface area contributed by atoms with Gasteiger partial charge in [0.1, 0.15) is 11.4 Å². The van der Waals surface area contributed by atoms with E-state index >= 15 is 0 Å². The highest BCUT2D eigenvalue weighted by Crippen LogP contribution is 2.30. The molecule has 12 heteroatoms. The second-order valence-electron chi connectivity index (χ2n) is 12.5. The van der Waals surface area contributed by atoms with Gasteiger partial charge in [-0.1, -0.05) is 42.4 Å². The number of nitrogens with zero attached hydrogens (tertiary/aromatic N) is 3. The van der Waals surface area contributed by atoms with Crippen LogP contribution in [0.15, 0.2) is 57.9 Å². The van der Waals surface area contributed by atoms with Crippen molar-refractivity contribution >= 4 is 21.6 Å². The van der Waals surface area contributed by atoms with Gasteiger partial charge in [0, 0.05) is 37.8 Å². The molecule has 0 bridgehead atoms. The van der Waals surface area contributed by atoms with Gasteiger partial charge < -0.3 is 24.0 Å². The van der Waals surface area contributed by atoms with Gasteiger partial charge in [-0.2, -0.15) is 0 Å². The second-order valence-corrected chi connectivity index (χ2v) is 14.1. The molecular weight excluding hydrogens is 608 g/mol. The molecule has 1 aliphatic rings. The van der Waals surface area contributed by atoms with Crippen molar-refractivity contribution in [3.63, 3.8) is 0 Å². The lowest BCUT2D eigenvalue weighted by atomic mass is 10.0. The number of carbonyl (C=O) groups is 1. The van der Waals surface area contributed by atoms with Crippen LogP contribution in [0.2, 0.25) is 0 Å². The molecule has 0 spiro atoms. The zero-order valence-electron chi connectivity index (χ0n) is 27.7. The van der Waals surface area contributed by atoms with Crippen molar-refractivity contribution in [3.05, 3.63) is 71.1 Å². The number of likely N-dealkylation sites (N-methyl/N-ethyl adjacent to an activating group) is 1. The molecule has 1 aromatic heterocycles. The summed E-state index contributed by atoms with van der Waals surface area (Å²) in [6.45, 7) is 11.0. The first-order valence-electron chi connectivity index (χ1n) is 15.9. The minimum atomic E-state index is -4.05. The van der Waals surface area contributed by atoms with Gasteiger partial charge in [-0.25, -0.2) is 8.42 Å². The van der Waals surface area contributed by atoms with Crippen LogP contribution in [0.3, 0.4) is 0 Å². The maximum atomic E-state index is 14.4. The van der Waals surface area contributed by atoms with Gasteiger partial charge in [-0.05, 0) is 77.8 Å². The van der Waals surface area contributed by atoms with Crippen molar-refractivity contribution in [1.29, 1.82) is 0 Å². The van der Waals surface area contributed by atoms with Crippen LogP contribution in [0.4, 0.5) is 5.69 Å². The Morgan fingerprint density at radius 2 is 1.87 bits per heavy atom. The number of nitrogens with one attached hydrogen (secondary N) is 1. The van der Waals surface area contributed by atoms with E-state index in [4.69, 9.17) is 14.0 Å². The molecule has 0 fully saturated rings. The summed E-state index contributed by atoms with van der Waals surface area (Å²) < 4.78 is 47.0. The first-order chi connectivity index (χ1) is 21.9. The van der Waals surface area contributed by atoms with Crippen LogP contribution in [-0.2, 0) is 21.3 Å². The Balaban J connectivity index is 1.66. The molecule has 1 amide bonds. The van der Waals surface area contributed by atoms with Crippen molar-refractivity contribution in [2.75, 3.05) is 38.1 Å². The monoisotopic (exact) mass is 656 g/mol. The van der Waals surface area contributed by atoms with E-state index in [0.717, 1.165) is 25.8 Å². The van der Waals surface area contributed by atoms with Gasteiger partial charge in [0.2, 0.25) is 0 Å². The number of hydrogen-bond donors (Lipinski definition) is 2. The molecule has 3 aromatic rings. The normalized spacial score (nSPS) is 20.9. The summed E-state index contributed by atoms with van der Waals surface area (Å²) >= 11 is 0. The van der Waals surface area contributed by atoms with E-state index in [1.165, 1.54) is 18.6 Å². The molecule has 46 heavy (non-hydrogen) atoms. The van der Waals surface area contributed by atoms with E-state index in [9.17, 15) is 18.3 Å². The smallest absolute Gasteiger partial charge is 0.267 e. The van der Waals surface area contributed by atoms with E-state index in [0.29, 0.717) is 25.4 Å². The summed E-state index contributed by atoms with van der Waals surface area (Å²) in [5.74, 6) is 0.0683. The van der Waals surface area contributed by atoms with Crippen molar-refractivity contribution in [3.8, 4) is 5.75 Å². The highest BCUT2D eigenvalue weighted by molar-refractivity contribution is 7.92. The Morgan fingerprint density at radius 3 is 2.54 bits per heavy atom.